The first-order valence-corrected chi connectivity index (χ1v) is 9.07. The van der Waals surface area contributed by atoms with Crippen LogP contribution in [-0.4, -0.2) is 35.6 Å². The van der Waals surface area contributed by atoms with Gasteiger partial charge in [-0.05, 0) is 23.1 Å². The Labute approximate surface area is 144 Å². The van der Waals surface area contributed by atoms with Gasteiger partial charge < -0.3 is 4.74 Å². The Balaban J connectivity index is 1.96. The molecule has 0 spiro atoms. The summed E-state index contributed by atoms with van der Waals surface area (Å²) in [5.74, 6) is 0.642. The van der Waals surface area contributed by atoms with Crippen LogP contribution in [0.4, 0.5) is 5.13 Å². The summed E-state index contributed by atoms with van der Waals surface area (Å²) in [5, 5.41) is 11.3. The maximum Gasteiger partial charge on any atom is 0.257 e. The van der Waals surface area contributed by atoms with Crippen molar-refractivity contribution in [2.24, 2.45) is 0 Å². The molecule has 0 aliphatic rings. The number of carbonyl (C=O) groups is 1. The molecule has 0 aliphatic carbocycles. The molecule has 23 heavy (non-hydrogen) atoms. The maximum atomic E-state index is 12.2. The van der Waals surface area contributed by atoms with Crippen LogP contribution >= 0.6 is 23.1 Å². The molecule has 124 valence electrons. The third kappa shape index (κ3) is 5.30. The van der Waals surface area contributed by atoms with Crippen molar-refractivity contribution in [3.05, 3.63) is 35.4 Å². The Morgan fingerprint density at radius 2 is 1.96 bits per heavy atom. The van der Waals surface area contributed by atoms with Crippen molar-refractivity contribution in [2.75, 3.05) is 24.8 Å². The minimum absolute atomic E-state index is 0.0720. The van der Waals surface area contributed by atoms with Crippen molar-refractivity contribution in [3.63, 3.8) is 0 Å². The number of hydrogen-bond acceptors (Lipinski definition) is 6. The molecule has 1 aromatic carbocycles. The highest BCUT2D eigenvalue weighted by molar-refractivity contribution is 8.01. The van der Waals surface area contributed by atoms with E-state index in [1.54, 1.807) is 18.9 Å². The quantitative estimate of drug-likeness (QED) is 0.487. The number of methoxy groups -OCH3 is 1. The van der Waals surface area contributed by atoms with E-state index in [4.69, 9.17) is 4.74 Å². The molecule has 0 saturated heterocycles. The number of benzene rings is 1. The molecule has 0 radical (unpaired) electrons. The molecule has 0 atom stereocenters. The molecular formula is C16H21N3O2S2. The lowest BCUT2D eigenvalue weighted by Gasteiger charge is -2.18. The molecule has 1 amide bonds. The van der Waals surface area contributed by atoms with Crippen molar-refractivity contribution in [1.82, 2.24) is 10.2 Å². The highest BCUT2D eigenvalue weighted by atomic mass is 32.2. The van der Waals surface area contributed by atoms with Crippen molar-refractivity contribution >= 4 is 34.1 Å². The second-order valence-electron chi connectivity index (χ2n) is 6.00. The third-order valence-electron chi connectivity index (χ3n) is 3.15. The van der Waals surface area contributed by atoms with E-state index in [0.717, 1.165) is 10.1 Å². The summed E-state index contributed by atoms with van der Waals surface area (Å²) in [6.07, 6.45) is 0. The van der Waals surface area contributed by atoms with E-state index in [-0.39, 0.29) is 11.3 Å². The van der Waals surface area contributed by atoms with Crippen LogP contribution in [0.5, 0.6) is 0 Å². The van der Waals surface area contributed by atoms with Gasteiger partial charge in [-0.2, -0.15) is 0 Å². The first kappa shape index (κ1) is 17.9. The van der Waals surface area contributed by atoms with Gasteiger partial charge in [0.1, 0.15) is 0 Å². The second-order valence-corrected chi connectivity index (χ2v) is 8.32. The van der Waals surface area contributed by atoms with Crippen LogP contribution in [0.25, 0.3) is 0 Å². The van der Waals surface area contributed by atoms with Gasteiger partial charge in [0.2, 0.25) is 5.13 Å². The number of amides is 1. The fourth-order valence-electron chi connectivity index (χ4n) is 1.82. The Kier molecular flexibility index (Phi) is 6.15. The molecule has 0 unspecified atom stereocenters. The summed E-state index contributed by atoms with van der Waals surface area (Å²) < 4.78 is 5.81. The number of rotatable bonds is 6. The number of nitrogens with zero attached hydrogens (tertiary/aromatic N) is 2. The van der Waals surface area contributed by atoms with Gasteiger partial charge in [-0.3, -0.25) is 10.1 Å². The fraction of sp³-hybridized carbons (Fsp3) is 0.438. The Morgan fingerprint density at radius 1 is 1.26 bits per heavy atom. The number of aromatic nitrogens is 2. The molecular weight excluding hydrogens is 330 g/mol. The Bertz CT molecular complexity index is 648. The van der Waals surface area contributed by atoms with Gasteiger partial charge in [-0.15, -0.1) is 10.2 Å². The Morgan fingerprint density at radius 3 is 2.57 bits per heavy atom. The SMILES string of the molecule is COCCSc1nnc(NC(=O)c2ccc(C(C)(C)C)cc2)s1. The molecule has 2 aromatic rings. The topological polar surface area (TPSA) is 64.1 Å². The summed E-state index contributed by atoms with van der Waals surface area (Å²) in [5.41, 5.74) is 1.88. The normalized spacial score (nSPS) is 11.5. The molecule has 0 saturated carbocycles. The van der Waals surface area contributed by atoms with Gasteiger partial charge >= 0.3 is 0 Å². The average molecular weight is 351 g/mol. The van der Waals surface area contributed by atoms with Gasteiger partial charge in [-0.1, -0.05) is 56.0 Å². The van der Waals surface area contributed by atoms with E-state index < -0.39 is 0 Å². The zero-order valence-electron chi connectivity index (χ0n) is 13.8. The van der Waals surface area contributed by atoms with E-state index in [1.807, 2.05) is 24.3 Å². The lowest BCUT2D eigenvalue weighted by Crippen LogP contribution is -2.14. The van der Waals surface area contributed by atoms with Crippen LogP contribution in [0, 0.1) is 0 Å². The molecule has 0 bridgehead atoms. The minimum Gasteiger partial charge on any atom is -0.384 e. The van der Waals surface area contributed by atoms with Crippen LogP contribution in [-0.2, 0) is 10.2 Å². The van der Waals surface area contributed by atoms with Gasteiger partial charge in [0.15, 0.2) is 4.34 Å². The van der Waals surface area contributed by atoms with Crippen molar-refractivity contribution < 1.29 is 9.53 Å². The fourth-order valence-corrected chi connectivity index (χ4v) is 3.54. The third-order valence-corrected chi connectivity index (χ3v) is 5.09. The van der Waals surface area contributed by atoms with E-state index >= 15 is 0 Å². The summed E-state index contributed by atoms with van der Waals surface area (Å²) in [6, 6.07) is 7.65. The zero-order chi connectivity index (χ0) is 16.9. The molecule has 1 heterocycles. The zero-order valence-corrected chi connectivity index (χ0v) is 15.4. The lowest BCUT2D eigenvalue weighted by atomic mass is 9.87. The molecule has 0 fully saturated rings. The summed E-state index contributed by atoms with van der Waals surface area (Å²) in [7, 11) is 1.66. The molecule has 7 heteroatoms. The first-order chi connectivity index (χ1) is 10.9. The molecule has 0 aliphatic heterocycles. The highest BCUT2D eigenvalue weighted by Gasteiger charge is 2.15. The molecule has 5 nitrogen and oxygen atoms in total. The van der Waals surface area contributed by atoms with Gasteiger partial charge in [-0.25, -0.2) is 0 Å². The monoisotopic (exact) mass is 351 g/mol. The summed E-state index contributed by atoms with van der Waals surface area (Å²) in [6.45, 7) is 7.09. The predicted octanol–water partition coefficient (Wildman–Crippen LogP) is 3.83. The number of carbonyl (C=O) groups excluding carboxylic acids is 1. The number of anilines is 1. The van der Waals surface area contributed by atoms with Crippen LogP contribution in [0.1, 0.15) is 36.7 Å². The van der Waals surface area contributed by atoms with E-state index in [9.17, 15) is 4.79 Å². The van der Waals surface area contributed by atoms with Gasteiger partial charge in [0.25, 0.3) is 5.91 Å². The minimum atomic E-state index is -0.171. The van der Waals surface area contributed by atoms with E-state index in [2.05, 4.69) is 36.3 Å². The highest BCUT2D eigenvalue weighted by Crippen LogP contribution is 2.26. The van der Waals surface area contributed by atoms with Crippen LogP contribution in [0.15, 0.2) is 28.6 Å². The van der Waals surface area contributed by atoms with Crippen LogP contribution in [0.2, 0.25) is 0 Å². The van der Waals surface area contributed by atoms with E-state index in [0.29, 0.717) is 17.3 Å². The largest absolute Gasteiger partial charge is 0.384 e. The van der Waals surface area contributed by atoms with Gasteiger partial charge in [0, 0.05) is 18.4 Å². The maximum absolute atomic E-state index is 12.2. The van der Waals surface area contributed by atoms with E-state index in [1.165, 1.54) is 16.9 Å². The molecule has 1 N–H and O–H groups in total. The standard InChI is InChI=1S/C16H21N3O2S2/c1-16(2,3)12-7-5-11(6-8-12)13(20)17-14-18-19-15(23-14)22-10-9-21-4/h5-8H,9-10H2,1-4H3,(H,17,18,20). The van der Waals surface area contributed by atoms with Crippen molar-refractivity contribution in [2.45, 2.75) is 30.5 Å². The van der Waals surface area contributed by atoms with Crippen molar-refractivity contribution in [1.29, 1.82) is 0 Å². The molecule has 2 rings (SSSR count). The molecule has 1 aromatic heterocycles. The number of thioether (sulfide) groups is 1. The smallest absolute Gasteiger partial charge is 0.257 e. The van der Waals surface area contributed by atoms with Crippen LogP contribution in [0.3, 0.4) is 0 Å². The summed E-state index contributed by atoms with van der Waals surface area (Å²) >= 11 is 2.93. The van der Waals surface area contributed by atoms with Gasteiger partial charge in [0.05, 0.1) is 6.61 Å². The first-order valence-electron chi connectivity index (χ1n) is 7.27. The predicted molar refractivity (Wildman–Crippen MR) is 95.6 cm³/mol. The van der Waals surface area contributed by atoms with Crippen molar-refractivity contribution in [3.8, 4) is 0 Å². The second kappa shape index (κ2) is 7.90. The summed E-state index contributed by atoms with van der Waals surface area (Å²) in [4.78, 5) is 12.2. The lowest BCUT2D eigenvalue weighted by molar-refractivity contribution is 0.102. The average Bonchev–Trinajstić information content (AvgIpc) is 2.94. The Hall–Kier alpha value is -1.44. The number of ether oxygens (including phenoxy) is 1. The number of hydrogen-bond donors (Lipinski definition) is 1. The van der Waals surface area contributed by atoms with Crippen LogP contribution < -0.4 is 5.32 Å². The number of nitrogens with one attached hydrogen (secondary N) is 1.